The molecule has 0 aliphatic rings. The number of carboxylic acid groups (broad SMARTS) is 1. The Morgan fingerprint density at radius 3 is 2.88 bits per heavy atom. The predicted molar refractivity (Wildman–Crippen MR) is 58.7 cm³/mol. The van der Waals surface area contributed by atoms with Crippen LogP contribution in [0.25, 0.3) is 11.0 Å². The van der Waals surface area contributed by atoms with Crippen LogP contribution in [-0.2, 0) is 6.42 Å². The number of benzene rings is 1. The van der Waals surface area contributed by atoms with Crippen LogP contribution < -0.4 is 5.56 Å². The maximum absolute atomic E-state index is 11.5. The molecular weight excluding hydrogens is 208 g/mol. The summed E-state index contributed by atoms with van der Waals surface area (Å²) >= 11 is 0. The first-order chi connectivity index (χ1) is 7.61. The van der Waals surface area contributed by atoms with Gasteiger partial charge in [0, 0.05) is 0 Å². The van der Waals surface area contributed by atoms with Crippen LogP contribution in [0.5, 0.6) is 0 Å². The number of H-pyrrole nitrogens is 1. The van der Waals surface area contributed by atoms with E-state index in [4.69, 9.17) is 5.11 Å². The zero-order valence-corrected chi connectivity index (χ0v) is 8.65. The fraction of sp³-hybridized carbons (Fsp3) is 0.182. The average Bonchev–Trinajstić information content (AvgIpc) is 2.27. The van der Waals surface area contributed by atoms with Crippen molar-refractivity contribution in [2.45, 2.75) is 13.3 Å². The highest BCUT2D eigenvalue weighted by atomic mass is 16.4. The van der Waals surface area contributed by atoms with Gasteiger partial charge in [-0.05, 0) is 24.6 Å². The van der Waals surface area contributed by atoms with Gasteiger partial charge in [-0.1, -0.05) is 6.92 Å². The molecule has 5 heteroatoms. The fourth-order valence-electron chi connectivity index (χ4n) is 1.50. The molecule has 0 saturated heterocycles. The summed E-state index contributed by atoms with van der Waals surface area (Å²) in [5.74, 6) is -1.03. The van der Waals surface area contributed by atoms with Crippen LogP contribution in [0.2, 0.25) is 0 Å². The lowest BCUT2D eigenvalue weighted by molar-refractivity contribution is 0.0697. The zero-order valence-electron chi connectivity index (χ0n) is 8.65. The van der Waals surface area contributed by atoms with E-state index in [1.165, 1.54) is 12.1 Å². The summed E-state index contributed by atoms with van der Waals surface area (Å²) < 4.78 is 0. The van der Waals surface area contributed by atoms with Crippen LogP contribution in [0.15, 0.2) is 23.0 Å². The first-order valence-corrected chi connectivity index (χ1v) is 4.88. The van der Waals surface area contributed by atoms with Crippen LogP contribution in [0.4, 0.5) is 0 Å². The van der Waals surface area contributed by atoms with Crippen LogP contribution in [-0.4, -0.2) is 21.0 Å². The molecule has 0 radical (unpaired) electrons. The molecule has 0 atom stereocenters. The third-order valence-electron chi connectivity index (χ3n) is 2.34. The highest BCUT2D eigenvalue weighted by molar-refractivity contribution is 5.92. The third-order valence-corrected chi connectivity index (χ3v) is 2.34. The number of hydrogen-bond acceptors (Lipinski definition) is 3. The van der Waals surface area contributed by atoms with Gasteiger partial charge in [-0.15, -0.1) is 0 Å². The van der Waals surface area contributed by atoms with Crippen molar-refractivity contribution >= 4 is 17.0 Å². The Bertz CT molecular complexity index is 616. The summed E-state index contributed by atoms with van der Waals surface area (Å²) in [4.78, 5) is 29.0. The van der Waals surface area contributed by atoms with Crippen LogP contribution in [0.3, 0.4) is 0 Å². The normalized spacial score (nSPS) is 10.6. The predicted octanol–water partition coefficient (Wildman–Crippen LogP) is 1.18. The summed E-state index contributed by atoms with van der Waals surface area (Å²) in [6, 6.07) is 4.47. The number of aromatic carboxylic acids is 1. The van der Waals surface area contributed by atoms with Crippen molar-refractivity contribution in [1.29, 1.82) is 0 Å². The molecule has 2 rings (SSSR count). The summed E-state index contributed by atoms with van der Waals surface area (Å²) in [7, 11) is 0. The Labute approximate surface area is 90.8 Å². The Hall–Kier alpha value is -2.17. The maximum atomic E-state index is 11.5. The topological polar surface area (TPSA) is 83.0 Å². The quantitative estimate of drug-likeness (QED) is 0.792. The van der Waals surface area contributed by atoms with Crippen molar-refractivity contribution in [3.05, 3.63) is 39.8 Å². The molecule has 0 spiro atoms. The van der Waals surface area contributed by atoms with Gasteiger partial charge in [0.2, 0.25) is 0 Å². The molecule has 0 aliphatic heterocycles. The first kappa shape index (κ1) is 10.4. The molecule has 1 aromatic heterocycles. The van der Waals surface area contributed by atoms with Gasteiger partial charge >= 0.3 is 5.97 Å². The Balaban J connectivity index is 2.72. The van der Waals surface area contributed by atoms with Crippen molar-refractivity contribution in [3.63, 3.8) is 0 Å². The van der Waals surface area contributed by atoms with Gasteiger partial charge in [-0.3, -0.25) is 4.79 Å². The lowest BCUT2D eigenvalue weighted by atomic mass is 10.2. The molecule has 2 aromatic rings. The lowest BCUT2D eigenvalue weighted by Gasteiger charge is -2.01. The second kappa shape index (κ2) is 3.77. The van der Waals surface area contributed by atoms with Crippen molar-refractivity contribution in [2.75, 3.05) is 0 Å². The molecule has 0 unspecified atom stereocenters. The zero-order chi connectivity index (χ0) is 11.7. The van der Waals surface area contributed by atoms with E-state index in [-0.39, 0.29) is 11.1 Å². The number of aryl methyl sites for hydroxylation is 1. The Morgan fingerprint density at radius 1 is 1.50 bits per heavy atom. The molecule has 1 heterocycles. The van der Waals surface area contributed by atoms with E-state index in [0.29, 0.717) is 23.1 Å². The molecule has 0 aliphatic carbocycles. The van der Waals surface area contributed by atoms with Crippen molar-refractivity contribution in [3.8, 4) is 0 Å². The lowest BCUT2D eigenvalue weighted by Crippen LogP contribution is -2.14. The molecule has 0 saturated carbocycles. The van der Waals surface area contributed by atoms with Gasteiger partial charge in [0.1, 0.15) is 5.69 Å². The fourth-order valence-corrected chi connectivity index (χ4v) is 1.50. The van der Waals surface area contributed by atoms with Crippen molar-refractivity contribution in [2.24, 2.45) is 0 Å². The minimum absolute atomic E-state index is 0.134. The molecular formula is C11H10N2O3. The second-order valence-electron chi connectivity index (χ2n) is 3.40. The van der Waals surface area contributed by atoms with Crippen LogP contribution in [0, 0.1) is 0 Å². The highest BCUT2D eigenvalue weighted by Crippen LogP contribution is 2.10. The van der Waals surface area contributed by atoms with Gasteiger partial charge < -0.3 is 10.1 Å². The number of carbonyl (C=O) groups is 1. The molecule has 5 nitrogen and oxygen atoms in total. The number of aromatic nitrogens is 2. The number of nitrogens with zero attached hydrogens (tertiary/aromatic N) is 1. The van der Waals surface area contributed by atoms with E-state index in [1.54, 1.807) is 6.07 Å². The van der Waals surface area contributed by atoms with Gasteiger partial charge in [-0.2, -0.15) is 0 Å². The van der Waals surface area contributed by atoms with Gasteiger partial charge in [0.05, 0.1) is 16.6 Å². The smallest absolute Gasteiger partial charge is 0.335 e. The van der Waals surface area contributed by atoms with Crippen LogP contribution >= 0.6 is 0 Å². The molecule has 2 N–H and O–H groups in total. The minimum Gasteiger partial charge on any atom is -0.478 e. The number of aromatic amines is 1. The van der Waals surface area contributed by atoms with E-state index in [9.17, 15) is 9.59 Å². The molecule has 1 aromatic carbocycles. The number of carboxylic acids is 1. The van der Waals surface area contributed by atoms with E-state index in [0.717, 1.165) is 0 Å². The monoisotopic (exact) mass is 218 g/mol. The van der Waals surface area contributed by atoms with Crippen molar-refractivity contribution < 1.29 is 9.90 Å². The summed E-state index contributed by atoms with van der Waals surface area (Å²) in [5.41, 5.74) is 1.37. The van der Waals surface area contributed by atoms with E-state index in [2.05, 4.69) is 9.97 Å². The average molecular weight is 218 g/mol. The first-order valence-electron chi connectivity index (χ1n) is 4.88. The number of fused-ring (bicyclic) bond motifs is 1. The SMILES string of the molecule is CCc1nc2ccc(C(=O)O)cc2[nH]c1=O. The van der Waals surface area contributed by atoms with E-state index < -0.39 is 5.97 Å². The van der Waals surface area contributed by atoms with Crippen molar-refractivity contribution in [1.82, 2.24) is 9.97 Å². The van der Waals surface area contributed by atoms with Gasteiger partial charge in [0.15, 0.2) is 0 Å². The summed E-state index contributed by atoms with van der Waals surface area (Å²) in [6.45, 7) is 1.84. The molecule has 0 bridgehead atoms. The van der Waals surface area contributed by atoms with Gasteiger partial charge in [0.25, 0.3) is 5.56 Å². The van der Waals surface area contributed by atoms with E-state index in [1.807, 2.05) is 6.92 Å². The number of nitrogens with one attached hydrogen (secondary N) is 1. The third kappa shape index (κ3) is 1.67. The summed E-state index contributed by atoms with van der Waals surface area (Å²) in [5, 5.41) is 8.80. The highest BCUT2D eigenvalue weighted by Gasteiger charge is 2.06. The van der Waals surface area contributed by atoms with Gasteiger partial charge in [-0.25, -0.2) is 9.78 Å². The summed E-state index contributed by atoms with van der Waals surface area (Å²) in [6.07, 6.45) is 0.548. The van der Waals surface area contributed by atoms with Crippen LogP contribution in [0.1, 0.15) is 23.0 Å². The number of rotatable bonds is 2. The molecule has 82 valence electrons. The maximum Gasteiger partial charge on any atom is 0.335 e. The second-order valence-corrected chi connectivity index (χ2v) is 3.40. The molecule has 0 amide bonds. The van der Waals surface area contributed by atoms with E-state index >= 15 is 0 Å². The number of hydrogen-bond donors (Lipinski definition) is 2. The minimum atomic E-state index is -1.03. The Morgan fingerprint density at radius 2 is 2.25 bits per heavy atom. The molecule has 0 fully saturated rings. The largest absolute Gasteiger partial charge is 0.478 e. The Kier molecular flexibility index (Phi) is 2.44. The molecule has 16 heavy (non-hydrogen) atoms. The standard InChI is InChI=1S/C11H10N2O3/c1-2-7-10(14)13-9-5-6(11(15)16)3-4-8(9)12-7/h3-5H,2H2,1H3,(H,13,14)(H,15,16).